The number of methoxy groups -OCH3 is 1. The van der Waals surface area contributed by atoms with Gasteiger partial charge in [-0.25, -0.2) is 8.42 Å². The molecule has 0 aliphatic carbocycles. The molecule has 1 aromatic rings. The maximum atomic E-state index is 13.3. The van der Waals surface area contributed by atoms with Gasteiger partial charge in [-0.3, -0.25) is 4.79 Å². The molecule has 7 nitrogen and oxygen atoms in total. The Morgan fingerprint density at radius 1 is 1.18 bits per heavy atom. The van der Waals surface area contributed by atoms with Crippen molar-refractivity contribution in [3.63, 3.8) is 0 Å². The Balaban J connectivity index is 0.00000280. The molecule has 9 heteroatoms. The van der Waals surface area contributed by atoms with Crippen molar-refractivity contribution in [2.24, 2.45) is 5.92 Å². The third-order valence-corrected chi connectivity index (χ3v) is 7.24. The first kappa shape index (κ1) is 22.9. The zero-order chi connectivity index (χ0) is 19.6. The van der Waals surface area contributed by atoms with Gasteiger partial charge >= 0.3 is 0 Å². The van der Waals surface area contributed by atoms with Crippen molar-refractivity contribution < 1.29 is 17.9 Å². The Hall–Kier alpha value is -1.35. The molecule has 28 heavy (non-hydrogen) atoms. The van der Waals surface area contributed by atoms with E-state index in [1.807, 2.05) is 24.8 Å². The molecule has 1 amide bonds. The number of benzene rings is 1. The quantitative estimate of drug-likeness (QED) is 0.782. The Bertz CT molecular complexity index is 810. The normalized spacial score (nSPS) is 21.1. The highest BCUT2D eigenvalue weighted by molar-refractivity contribution is 7.89. The molecule has 1 aromatic carbocycles. The molecule has 0 radical (unpaired) electrons. The van der Waals surface area contributed by atoms with E-state index in [0.717, 1.165) is 30.6 Å². The second kappa shape index (κ2) is 9.43. The maximum Gasteiger partial charge on any atom is 0.246 e. The van der Waals surface area contributed by atoms with Crippen molar-refractivity contribution in [1.82, 2.24) is 14.5 Å². The topological polar surface area (TPSA) is 79.0 Å². The third kappa shape index (κ3) is 4.62. The molecular formula is C19H30ClN3O4S. The second-order valence-corrected chi connectivity index (χ2v) is 9.30. The molecule has 0 saturated carbocycles. The van der Waals surface area contributed by atoms with Gasteiger partial charge in [0.25, 0.3) is 0 Å². The Morgan fingerprint density at radius 3 is 2.50 bits per heavy atom. The van der Waals surface area contributed by atoms with Gasteiger partial charge in [-0.2, -0.15) is 4.31 Å². The van der Waals surface area contributed by atoms with Crippen LogP contribution in [0.5, 0.6) is 5.75 Å². The summed E-state index contributed by atoms with van der Waals surface area (Å²) in [5.74, 6) is 0.184. The van der Waals surface area contributed by atoms with Crippen LogP contribution in [0.15, 0.2) is 17.0 Å². The molecule has 2 aliphatic heterocycles. The second-order valence-electron chi connectivity index (χ2n) is 7.39. The van der Waals surface area contributed by atoms with Crippen molar-refractivity contribution in [3.8, 4) is 5.75 Å². The van der Waals surface area contributed by atoms with E-state index in [9.17, 15) is 13.2 Å². The maximum absolute atomic E-state index is 13.3. The first-order valence-corrected chi connectivity index (χ1v) is 10.9. The number of hydrogen-bond acceptors (Lipinski definition) is 5. The molecule has 158 valence electrons. The van der Waals surface area contributed by atoms with E-state index in [4.69, 9.17) is 4.74 Å². The smallest absolute Gasteiger partial charge is 0.246 e. The van der Waals surface area contributed by atoms with E-state index in [2.05, 4.69) is 5.32 Å². The lowest BCUT2D eigenvalue weighted by Crippen LogP contribution is -2.51. The predicted molar refractivity (Wildman–Crippen MR) is 111 cm³/mol. The van der Waals surface area contributed by atoms with Gasteiger partial charge in [0.2, 0.25) is 15.9 Å². The van der Waals surface area contributed by atoms with Gasteiger partial charge in [-0.1, -0.05) is 6.07 Å². The van der Waals surface area contributed by atoms with Crippen LogP contribution in [-0.4, -0.2) is 69.9 Å². The highest BCUT2D eigenvalue weighted by Gasteiger charge is 2.36. The molecule has 1 N–H and O–H groups in total. The molecule has 0 aromatic heterocycles. The number of nitrogens with one attached hydrogen (secondary N) is 1. The fraction of sp³-hybridized carbons (Fsp3) is 0.632. The summed E-state index contributed by atoms with van der Waals surface area (Å²) in [7, 11) is -2.23. The van der Waals surface area contributed by atoms with Crippen LogP contribution in [0.4, 0.5) is 0 Å². The van der Waals surface area contributed by atoms with Gasteiger partial charge in [0, 0.05) is 39.3 Å². The number of piperazine rings is 1. The van der Waals surface area contributed by atoms with E-state index in [1.165, 1.54) is 11.4 Å². The summed E-state index contributed by atoms with van der Waals surface area (Å²) in [6.07, 6.45) is 1.42. The number of carbonyl (C=O) groups is 1. The van der Waals surface area contributed by atoms with Crippen molar-refractivity contribution >= 4 is 28.3 Å². The summed E-state index contributed by atoms with van der Waals surface area (Å²) in [6, 6.07) is 3.56. The number of hydrogen-bond donors (Lipinski definition) is 1. The molecule has 2 heterocycles. The van der Waals surface area contributed by atoms with Crippen LogP contribution >= 0.6 is 12.4 Å². The largest absolute Gasteiger partial charge is 0.495 e. The van der Waals surface area contributed by atoms with Crippen LogP contribution in [0.25, 0.3) is 0 Å². The lowest BCUT2D eigenvalue weighted by Gasteiger charge is -2.36. The van der Waals surface area contributed by atoms with Crippen molar-refractivity contribution in [2.45, 2.75) is 31.6 Å². The van der Waals surface area contributed by atoms with E-state index in [0.29, 0.717) is 31.8 Å². The molecule has 2 saturated heterocycles. The van der Waals surface area contributed by atoms with E-state index < -0.39 is 10.0 Å². The van der Waals surface area contributed by atoms with Gasteiger partial charge in [0.05, 0.1) is 13.0 Å². The molecule has 2 fully saturated rings. The summed E-state index contributed by atoms with van der Waals surface area (Å²) >= 11 is 0. The highest BCUT2D eigenvalue weighted by Crippen LogP contribution is 2.33. The Labute approximate surface area is 173 Å². The van der Waals surface area contributed by atoms with Crippen LogP contribution in [-0.2, 0) is 14.8 Å². The van der Waals surface area contributed by atoms with Crippen molar-refractivity contribution in [1.29, 1.82) is 0 Å². The van der Waals surface area contributed by atoms with Gasteiger partial charge in [0.15, 0.2) is 0 Å². The number of carbonyl (C=O) groups excluding carboxylic acids is 1. The zero-order valence-corrected chi connectivity index (χ0v) is 18.4. The number of nitrogens with zero attached hydrogens (tertiary/aromatic N) is 2. The van der Waals surface area contributed by atoms with E-state index >= 15 is 0 Å². The number of sulfonamides is 1. The third-order valence-electron chi connectivity index (χ3n) is 5.37. The zero-order valence-electron chi connectivity index (χ0n) is 16.7. The molecule has 2 aliphatic rings. The standard InChI is InChI=1S/C19H29N3O4S.ClH/c1-14-11-15(2)18(26-3)17(12-14)27(24,25)22-8-4-5-16(13-22)19(23)21-9-6-20-7-10-21;/h11-12,16,20H,4-10,13H2,1-3H3;1H. The highest BCUT2D eigenvalue weighted by atomic mass is 35.5. The van der Waals surface area contributed by atoms with Crippen molar-refractivity contribution in [2.75, 3.05) is 46.4 Å². The Morgan fingerprint density at radius 2 is 1.86 bits per heavy atom. The average Bonchev–Trinajstić information content (AvgIpc) is 2.67. The summed E-state index contributed by atoms with van der Waals surface area (Å²) in [5, 5.41) is 3.24. The van der Waals surface area contributed by atoms with Crippen LogP contribution in [0.2, 0.25) is 0 Å². The minimum atomic E-state index is -3.72. The van der Waals surface area contributed by atoms with Gasteiger partial charge in [-0.05, 0) is 43.9 Å². The number of piperidine rings is 1. The number of rotatable bonds is 4. The number of ether oxygens (including phenoxy) is 1. The minimum absolute atomic E-state index is 0. The van der Waals surface area contributed by atoms with Crippen LogP contribution in [0, 0.1) is 19.8 Å². The number of amides is 1. The summed E-state index contributed by atoms with van der Waals surface area (Å²) in [5.41, 5.74) is 1.67. The first-order chi connectivity index (χ1) is 12.8. The molecule has 0 spiro atoms. The summed E-state index contributed by atoms with van der Waals surface area (Å²) in [6.45, 7) is 7.35. The lowest BCUT2D eigenvalue weighted by atomic mass is 9.98. The first-order valence-electron chi connectivity index (χ1n) is 9.49. The summed E-state index contributed by atoms with van der Waals surface area (Å²) in [4.78, 5) is 14.9. The molecule has 0 bridgehead atoms. The van der Waals surface area contributed by atoms with Gasteiger partial charge in [-0.15, -0.1) is 12.4 Å². The Kier molecular flexibility index (Phi) is 7.73. The van der Waals surface area contributed by atoms with E-state index in [1.54, 1.807) is 6.07 Å². The fourth-order valence-corrected chi connectivity index (χ4v) is 5.85. The molecule has 1 atom stereocenters. The van der Waals surface area contributed by atoms with Gasteiger partial charge < -0.3 is 15.0 Å². The van der Waals surface area contributed by atoms with E-state index in [-0.39, 0.29) is 35.7 Å². The van der Waals surface area contributed by atoms with Crippen LogP contribution in [0.1, 0.15) is 24.0 Å². The SMILES string of the molecule is COc1c(C)cc(C)cc1S(=O)(=O)N1CCCC(C(=O)N2CCNCC2)C1.Cl. The van der Waals surface area contributed by atoms with Crippen LogP contribution < -0.4 is 10.1 Å². The average molecular weight is 432 g/mol. The molecule has 3 rings (SSSR count). The molecular weight excluding hydrogens is 402 g/mol. The summed E-state index contributed by atoms with van der Waals surface area (Å²) < 4.78 is 33.5. The monoisotopic (exact) mass is 431 g/mol. The number of halogens is 1. The fourth-order valence-electron chi connectivity index (χ4n) is 4.01. The van der Waals surface area contributed by atoms with Crippen LogP contribution in [0.3, 0.4) is 0 Å². The van der Waals surface area contributed by atoms with Gasteiger partial charge in [0.1, 0.15) is 10.6 Å². The lowest BCUT2D eigenvalue weighted by molar-refractivity contribution is -0.137. The molecule has 1 unspecified atom stereocenters. The van der Waals surface area contributed by atoms with Crippen molar-refractivity contribution in [3.05, 3.63) is 23.3 Å². The minimum Gasteiger partial charge on any atom is -0.495 e. The predicted octanol–water partition coefficient (Wildman–Crippen LogP) is 1.57. The number of aryl methyl sites for hydroxylation is 2.